The third kappa shape index (κ3) is 2.71. The fourth-order valence-electron chi connectivity index (χ4n) is 1.93. The molecule has 0 amide bonds. The Morgan fingerprint density at radius 2 is 1.90 bits per heavy atom. The zero-order valence-corrected chi connectivity index (χ0v) is 12.1. The van der Waals surface area contributed by atoms with Crippen LogP contribution in [0.5, 0.6) is 0 Å². The van der Waals surface area contributed by atoms with Crippen molar-refractivity contribution in [3.8, 4) is 5.69 Å². The molecule has 0 spiro atoms. The van der Waals surface area contributed by atoms with Crippen LogP contribution in [0.15, 0.2) is 54.7 Å². The minimum absolute atomic E-state index is 0.195. The molecule has 21 heavy (non-hydrogen) atoms. The number of ketones is 1. The molecule has 0 saturated carbocycles. The lowest BCUT2D eigenvalue weighted by atomic mass is 10.1. The van der Waals surface area contributed by atoms with Crippen molar-refractivity contribution in [3.63, 3.8) is 0 Å². The third-order valence-electron chi connectivity index (χ3n) is 3.15. The van der Waals surface area contributed by atoms with Crippen molar-refractivity contribution in [1.29, 1.82) is 0 Å². The second-order valence-corrected chi connectivity index (χ2v) is 5.06. The molecule has 0 radical (unpaired) electrons. The topological polar surface area (TPSA) is 47.8 Å². The summed E-state index contributed by atoms with van der Waals surface area (Å²) in [5.41, 5.74) is 2.53. The lowest BCUT2D eigenvalue weighted by Crippen LogP contribution is -2.04. The second-order valence-electron chi connectivity index (χ2n) is 4.65. The van der Waals surface area contributed by atoms with Crippen LogP contribution in [-0.2, 0) is 0 Å². The van der Waals surface area contributed by atoms with Crippen molar-refractivity contribution in [2.24, 2.45) is 0 Å². The number of carbonyl (C=O) groups excluding carboxylic acids is 1. The summed E-state index contributed by atoms with van der Waals surface area (Å²) in [5.74, 6) is -0.195. The van der Waals surface area contributed by atoms with E-state index in [4.69, 9.17) is 11.6 Å². The van der Waals surface area contributed by atoms with Gasteiger partial charge in [-0.15, -0.1) is 5.10 Å². The number of aryl methyl sites for hydroxylation is 1. The molecule has 5 heteroatoms. The fourth-order valence-corrected chi connectivity index (χ4v) is 2.12. The van der Waals surface area contributed by atoms with E-state index < -0.39 is 0 Å². The first-order chi connectivity index (χ1) is 10.1. The third-order valence-corrected chi connectivity index (χ3v) is 3.55. The Morgan fingerprint density at radius 1 is 1.14 bits per heavy atom. The first-order valence-corrected chi connectivity index (χ1v) is 6.81. The predicted molar refractivity (Wildman–Crippen MR) is 81.0 cm³/mol. The van der Waals surface area contributed by atoms with E-state index in [1.165, 1.54) is 11.0 Å². The van der Waals surface area contributed by atoms with Gasteiger partial charge in [-0.3, -0.25) is 4.79 Å². The van der Waals surface area contributed by atoms with Crippen molar-refractivity contribution in [3.05, 3.63) is 76.6 Å². The SMILES string of the molecule is Cc1ccc(C(=O)c2cnn(-c3ccccc3)n2)cc1Cl. The summed E-state index contributed by atoms with van der Waals surface area (Å²) in [4.78, 5) is 13.8. The van der Waals surface area contributed by atoms with Gasteiger partial charge < -0.3 is 0 Å². The van der Waals surface area contributed by atoms with Crippen LogP contribution in [0, 0.1) is 6.92 Å². The highest BCUT2D eigenvalue weighted by atomic mass is 35.5. The normalized spacial score (nSPS) is 10.6. The molecule has 0 bridgehead atoms. The number of carbonyl (C=O) groups is 1. The molecule has 0 aliphatic carbocycles. The molecule has 3 aromatic rings. The highest BCUT2D eigenvalue weighted by Crippen LogP contribution is 2.18. The number of halogens is 1. The van der Waals surface area contributed by atoms with Crippen molar-refractivity contribution in [2.45, 2.75) is 6.92 Å². The highest BCUT2D eigenvalue weighted by molar-refractivity contribution is 6.31. The molecule has 1 aromatic heterocycles. The van der Waals surface area contributed by atoms with Crippen LogP contribution in [0.1, 0.15) is 21.6 Å². The molecule has 1 heterocycles. The van der Waals surface area contributed by atoms with E-state index in [0.29, 0.717) is 16.3 Å². The largest absolute Gasteiger partial charge is 0.287 e. The molecular formula is C16H12ClN3O. The lowest BCUT2D eigenvalue weighted by Gasteiger charge is -2.01. The fraction of sp³-hybridized carbons (Fsp3) is 0.0625. The Balaban J connectivity index is 1.92. The zero-order valence-electron chi connectivity index (χ0n) is 11.3. The average Bonchev–Trinajstić information content (AvgIpc) is 3.00. The first kappa shape index (κ1) is 13.5. The Bertz CT molecular complexity index is 796. The highest BCUT2D eigenvalue weighted by Gasteiger charge is 2.14. The van der Waals surface area contributed by atoms with Crippen molar-refractivity contribution < 1.29 is 4.79 Å². The molecule has 4 nitrogen and oxygen atoms in total. The summed E-state index contributed by atoms with van der Waals surface area (Å²) in [6, 6.07) is 14.6. The van der Waals surface area contributed by atoms with Crippen LogP contribution in [0.3, 0.4) is 0 Å². The summed E-state index contributed by atoms with van der Waals surface area (Å²) in [7, 11) is 0. The minimum Gasteiger partial charge on any atom is -0.287 e. The number of para-hydroxylation sites is 1. The number of hydrogen-bond acceptors (Lipinski definition) is 3. The number of rotatable bonds is 3. The second kappa shape index (κ2) is 5.50. The number of nitrogens with zero attached hydrogens (tertiary/aromatic N) is 3. The van der Waals surface area contributed by atoms with Crippen molar-refractivity contribution >= 4 is 17.4 Å². The maximum Gasteiger partial charge on any atom is 0.214 e. The molecule has 0 N–H and O–H groups in total. The van der Waals surface area contributed by atoms with Crippen LogP contribution in [0.2, 0.25) is 5.02 Å². The van der Waals surface area contributed by atoms with Gasteiger partial charge in [0.15, 0.2) is 5.69 Å². The molecule has 0 saturated heterocycles. The van der Waals surface area contributed by atoms with Gasteiger partial charge in [0, 0.05) is 10.6 Å². The van der Waals surface area contributed by atoms with Crippen LogP contribution in [0.4, 0.5) is 0 Å². The van der Waals surface area contributed by atoms with E-state index in [9.17, 15) is 4.79 Å². The monoisotopic (exact) mass is 297 g/mol. The predicted octanol–water partition coefficient (Wildman–Crippen LogP) is 3.46. The Labute approximate surface area is 127 Å². The van der Waals surface area contributed by atoms with Crippen molar-refractivity contribution in [1.82, 2.24) is 15.0 Å². The molecule has 0 aliphatic heterocycles. The molecule has 0 fully saturated rings. The van der Waals surface area contributed by atoms with E-state index >= 15 is 0 Å². The first-order valence-electron chi connectivity index (χ1n) is 6.44. The summed E-state index contributed by atoms with van der Waals surface area (Å²) in [6.07, 6.45) is 1.46. The van der Waals surface area contributed by atoms with Gasteiger partial charge in [-0.1, -0.05) is 41.9 Å². The summed E-state index contributed by atoms with van der Waals surface area (Å²) in [6.45, 7) is 1.89. The Morgan fingerprint density at radius 3 is 2.62 bits per heavy atom. The number of hydrogen-bond donors (Lipinski definition) is 0. The molecule has 104 valence electrons. The molecule has 0 atom stereocenters. The summed E-state index contributed by atoms with van der Waals surface area (Å²) in [5, 5.41) is 8.91. The zero-order chi connectivity index (χ0) is 14.8. The number of aromatic nitrogens is 3. The quantitative estimate of drug-likeness (QED) is 0.696. The lowest BCUT2D eigenvalue weighted by molar-refractivity contribution is 0.103. The van der Waals surface area contributed by atoms with Gasteiger partial charge in [0.25, 0.3) is 0 Å². The average molecular weight is 298 g/mol. The molecular weight excluding hydrogens is 286 g/mol. The van der Waals surface area contributed by atoms with E-state index in [2.05, 4.69) is 10.2 Å². The van der Waals surface area contributed by atoms with Gasteiger partial charge in [-0.2, -0.15) is 9.90 Å². The van der Waals surface area contributed by atoms with Gasteiger partial charge in [0.1, 0.15) is 0 Å². The standard InChI is InChI=1S/C16H12ClN3O/c1-11-7-8-12(9-14(11)17)16(21)15-10-18-20(19-15)13-5-3-2-4-6-13/h2-10H,1H3. The molecule has 0 unspecified atom stereocenters. The Kier molecular flexibility index (Phi) is 3.54. The molecule has 0 aliphatic rings. The maximum atomic E-state index is 12.4. The van der Waals surface area contributed by atoms with Gasteiger partial charge in [0.05, 0.1) is 11.9 Å². The van der Waals surface area contributed by atoms with Crippen LogP contribution < -0.4 is 0 Å². The minimum atomic E-state index is -0.195. The van der Waals surface area contributed by atoms with E-state index in [0.717, 1.165) is 11.3 Å². The maximum absolute atomic E-state index is 12.4. The van der Waals surface area contributed by atoms with Gasteiger partial charge in [0.2, 0.25) is 5.78 Å². The summed E-state index contributed by atoms with van der Waals surface area (Å²) >= 11 is 6.05. The van der Waals surface area contributed by atoms with Crippen LogP contribution in [-0.4, -0.2) is 20.8 Å². The van der Waals surface area contributed by atoms with E-state index in [1.54, 1.807) is 12.1 Å². The van der Waals surface area contributed by atoms with Crippen LogP contribution >= 0.6 is 11.6 Å². The Hall–Kier alpha value is -2.46. The smallest absolute Gasteiger partial charge is 0.214 e. The molecule has 2 aromatic carbocycles. The van der Waals surface area contributed by atoms with Crippen LogP contribution in [0.25, 0.3) is 5.69 Å². The van der Waals surface area contributed by atoms with Gasteiger partial charge >= 0.3 is 0 Å². The van der Waals surface area contributed by atoms with Gasteiger partial charge in [-0.05, 0) is 30.7 Å². The van der Waals surface area contributed by atoms with E-state index in [1.807, 2.05) is 43.3 Å². The summed E-state index contributed by atoms with van der Waals surface area (Å²) < 4.78 is 0. The van der Waals surface area contributed by atoms with Crippen molar-refractivity contribution in [2.75, 3.05) is 0 Å². The molecule has 3 rings (SSSR count). The van der Waals surface area contributed by atoms with Gasteiger partial charge in [-0.25, -0.2) is 0 Å². The number of benzene rings is 2. The van der Waals surface area contributed by atoms with E-state index in [-0.39, 0.29) is 5.78 Å².